The molecule has 1 unspecified atom stereocenters. The molecule has 4 heteroatoms. The Morgan fingerprint density at radius 3 is 3.00 bits per heavy atom. The maximum absolute atomic E-state index is 11.9. The first-order chi connectivity index (χ1) is 8.70. The Morgan fingerprint density at radius 1 is 1.44 bits per heavy atom. The maximum Gasteiger partial charge on any atom is 0.251 e. The zero-order chi connectivity index (χ0) is 13.0. The van der Waals surface area contributed by atoms with Crippen LogP contribution < -0.4 is 5.32 Å². The third-order valence-electron chi connectivity index (χ3n) is 3.19. The number of alkyl halides is 1. The zero-order valence-electron chi connectivity index (χ0n) is 10.5. The first-order valence-electron chi connectivity index (χ1n) is 6.23. The van der Waals surface area contributed by atoms with E-state index in [1.54, 1.807) is 7.11 Å². The van der Waals surface area contributed by atoms with Gasteiger partial charge in [0.05, 0.1) is 12.0 Å². The van der Waals surface area contributed by atoms with E-state index in [9.17, 15) is 4.79 Å². The van der Waals surface area contributed by atoms with E-state index in [-0.39, 0.29) is 11.3 Å². The van der Waals surface area contributed by atoms with Gasteiger partial charge in [0, 0.05) is 19.2 Å². The fourth-order valence-corrected chi connectivity index (χ4v) is 2.46. The molecule has 0 aliphatic heterocycles. The summed E-state index contributed by atoms with van der Waals surface area (Å²) in [5.74, 6) is -0.0635. The van der Waals surface area contributed by atoms with Crippen molar-refractivity contribution in [3.05, 3.63) is 34.9 Å². The van der Waals surface area contributed by atoms with E-state index < -0.39 is 0 Å². The second-order valence-corrected chi connectivity index (χ2v) is 5.22. The average molecular weight is 268 g/mol. The molecule has 0 saturated carbocycles. The predicted octanol–water partition coefficient (Wildman–Crippen LogP) is 2.16. The number of rotatable bonds is 5. The van der Waals surface area contributed by atoms with Crippen molar-refractivity contribution in [2.45, 2.75) is 24.6 Å². The highest BCUT2D eigenvalue weighted by Crippen LogP contribution is 2.22. The summed E-state index contributed by atoms with van der Waals surface area (Å²) in [5, 5.41) is 2.64. The van der Waals surface area contributed by atoms with E-state index >= 15 is 0 Å². The van der Waals surface area contributed by atoms with Crippen LogP contribution in [-0.4, -0.2) is 31.5 Å². The molecular formula is C14H18ClNO2. The molecule has 1 N–H and O–H groups in total. The molecule has 1 atom stereocenters. The van der Waals surface area contributed by atoms with Gasteiger partial charge in [-0.25, -0.2) is 0 Å². The number of methoxy groups -OCH3 is 1. The van der Waals surface area contributed by atoms with Gasteiger partial charge in [0.2, 0.25) is 0 Å². The monoisotopic (exact) mass is 267 g/mol. The average Bonchev–Trinajstić information content (AvgIpc) is 2.83. The summed E-state index contributed by atoms with van der Waals surface area (Å²) in [6.07, 6.45) is 3.41. The SMILES string of the molecule is COCC(Cl)CNC(=O)c1ccc2c(c1)CCC2. The van der Waals surface area contributed by atoms with E-state index in [1.165, 1.54) is 17.5 Å². The van der Waals surface area contributed by atoms with Crippen LogP contribution in [0, 0.1) is 0 Å². The van der Waals surface area contributed by atoms with Crippen molar-refractivity contribution in [3.63, 3.8) is 0 Å². The van der Waals surface area contributed by atoms with Gasteiger partial charge in [0.1, 0.15) is 0 Å². The molecular weight excluding hydrogens is 250 g/mol. The van der Waals surface area contributed by atoms with Crippen LogP contribution in [0.4, 0.5) is 0 Å². The van der Waals surface area contributed by atoms with Crippen LogP contribution in [0.2, 0.25) is 0 Å². The van der Waals surface area contributed by atoms with Crippen LogP contribution in [0.25, 0.3) is 0 Å². The minimum absolute atomic E-state index is 0.0635. The summed E-state index contributed by atoms with van der Waals surface area (Å²) in [7, 11) is 1.59. The summed E-state index contributed by atoms with van der Waals surface area (Å²) < 4.78 is 4.92. The normalized spacial score (nSPS) is 15.2. The van der Waals surface area contributed by atoms with Gasteiger partial charge < -0.3 is 10.1 Å². The lowest BCUT2D eigenvalue weighted by molar-refractivity contribution is 0.0949. The van der Waals surface area contributed by atoms with Crippen LogP contribution in [0.15, 0.2) is 18.2 Å². The highest BCUT2D eigenvalue weighted by Gasteiger charge is 2.14. The molecule has 1 aromatic rings. The largest absolute Gasteiger partial charge is 0.383 e. The molecule has 1 aromatic carbocycles. The summed E-state index contributed by atoms with van der Waals surface area (Å²) in [5.41, 5.74) is 3.40. The molecule has 1 aliphatic carbocycles. The summed E-state index contributed by atoms with van der Waals surface area (Å²) >= 11 is 5.97. The number of nitrogens with one attached hydrogen (secondary N) is 1. The summed E-state index contributed by atoms with van der Waals surface area (Å²) in [6, 6.07) is 5.95. The van der Waals surface area contributed by atoms with Gasteiger partial charge in [0.25, 0.3) is 5.91 Å². The van der Waals surface area contributed by atoms with Crippen LogP contribution in [0.5, 0.6) is 0 Å². The molecule has 1 aliphatic rings. The van der Waals surface area contributed by atoms with Crippen molar-refractivity contribution >= 4 is 17.5 Å². The van der Waals surface area contributed by atoms with E-state index in [0.717, 1.165) is 18.4 Å². The minimum Gasteiger partial charge on any atom is -0.383 e. The number of carbonyl (C=O) groups is 1. The number of carbonyl (C=O) groups excluding carboxylic acids is 1. The molecule has 3 nitrogen and oxygen atoms in total. The molecule has 0 heterocycles. The zero-order valence-corrected chi connectivity index (χ0v) is 11.3. The van der Waals surface area contributed by atoms with Crippen molar-refractivity contribution in [3.8, 4) is 0 Å². The summed E-state index contributed by atoms with van der Waals surface area (Å²) in [6.45, 7) is 0.858. The predicted molar refractivity (Wildman–Crippen MR) is 72.3 cm³/mol. The molecule has 0 radical (unpaired) electrons. The van der Waals surface area contributed by atoms with Gasteiger partial charge >= 0.3 is 0 Å². The maximum atomic E-state index is 11.9. The fourth-order valence-electron chi connectivity index (χ4n) is 2.26. The third-order valence-corrected chi connectivity index (χ3v) is 3.47. The standard InChI is InChI=1S/C14H18ClNO2/c1-18-9-13(15)8-16-14(17)12-6-5-10-3-2-4-11(10)7-12/h5-7,13H,2-4,8-9H2,1H3,(H,16,17). The summed E-state index contributed by atoms with van der Waals surface area (Å²) in [4.78, 5) is 11.9. The minimum atomic E-state index is -0.187. The lowest BCUT2D eigenvalue weighted by atomic mass is 10.1. The molecule has 0 saturated heterocycles. The van der Waals surface area contributed by atoms with Gasteiger partial charge in [-0.1, -0.05) is 6.07 Å². The molecule has 2 rings (SSSR count). The Balaban J connectivity index is 1.93. The van der Waals surface area contributed by atoms with Crippen molar-refractivity contribution in [2.24, 2.45) is 0 Å². The Kier molecular flexibility index (Phi) is 4.61. The molecule has 0 spiro atoms. The smallest absolute Gasteiger partial charge is 0.251 e. The van der Waals surface area contributed by atoms with E-state index in [1.807, 2.05) is 12.1 Å². The number of aryl methyl sites for hydroxylation is 2. The topological polar surface area (TPSA) is 38.3 Å². The van der Waals surface area contributed by atoms with E-state index in [2.05, 4.69) is 11.4 Å². The lowest BCUT2D eigenvalue weighted by Gasteiger charge is -2.10. The number of amides is 1. The van der Waals surface area contributed by atoms with Crippen molar-refractivity contribution in [2.75, 3.05) is 20.3 Å². The second kappa shape index (κ2) is 6.21. The molecule has 0 aromatic heterocycles. The van der Waals surface area contributed by atoms with Crippen LogP contribution in [0.1, 0.15) is 27.9 Å². The molecule has 1 amide bonds. The van der Waals surface area contributed by atoms with E-state index in [4.69, 9.17) is 16.3 Å². The number of hydrogen-bond acceptors (Lipinski definition) is 2. The molecule has 0 fully saturated rings. The molecule has 98 valence electrons. The van der Waals surface area contributed by atoms with Gasteiger partial charge in [-0.2, -0.15) is 0 Å². The Labute approximate surface area is 112 Å². The Morgan fingerprint density at radius 2 is 2.22 bits per heavy atom. The van der Waals surface area contributed by atoms with Crippen molar-refractivity contribution < 1.29 is 9.53 Å². The first kappa shape index (κ1) is 13.4. The number of benzene rings is 1. The van der Waals surface area contributed by atoms with Crippen molar-refractivity contribution in [1.29, 1.82) is 0 Å². The Hall–Kier alpha value is -1.06. The van der Waals surface area contributed by atoms with E-state index in [0.29, 0.717) is 13.2 Å². The molecule has 0 bridgehead atoms. The van der Waals surface area contributed by atoms with Crippen LogP contribution in [0.3, 0.4) is 0 Å². The van der Waals surface area contributed by atoms with Crippen LogP contribution in [-0.2, 0) is 17.6 Å². The van der Waals surface area contributed by atoms with Gasteiger partial charge in [-0.05, 0) is 42.5 Å². The number of fused-ring (bicyclic) bond motifs is 1. The third kappa shape index (κ3) is 3.24. The van der Waals surface area contributed by atoms with Crippen LogP contribution >= 0.6 is 11.6 Å². The first-order valence-corrected chi connectivity index (χ1v) is 6.67. The number of hydrogen-bond donors (Lipinski definition) is 1. The number of halogens is 1. The quantitative estimate of drug-likeness (QED) is 0.831. The van der Waals surface area contributed by atoms with Gasteiger partial charge in [-0.15, -0.1) is 11.6 Å². The van der Waals surface area contributed by atoms with Gasteiger partial charge in [0.15, 0.2) is 0 Å². The number of ether oxygens (including phenoxy) is 1. The second-order valence-electron chi connectivity index (χ2n) is 4.60. The Bertz CT molecular complexity index is 434. The molecule has 18 heavy (non-hydrogen) atoms. The lowest BCUT2D eigenvalue weighted by Crippen LogP contribution is -2.31. The highest BCUT2D eigenvalue weighted by molar-refractivity contribution is 6.21. The fraction of sp³-hybridized carbons (Fsp3) is 0.500. The highest BCUT2D eigenvalue weighted by atomic mass is 35.5. The van der Waals surface area contributed by atoms with Gasteiger partial charge in [-0.3, -0.25) is 4.79 Å². The van der Waals surface area contributed by atoms with Crippen molar-refractivity contribution in [1.82, 2.24) is 5.32 Å².